The molecule has 16 heavy (non-hydrogen) atoms. The van der Waals surface area contributed by atoms with Crippen LogP contribution in [0.4, 0.5) is 0 Å². The Bertz CT molecular complexity index is 576. The molecule has 0 aliphatic carbocycles. The molecule has 0 N–H and O–H groups in total. The average molecular weight is 235 g/mol. The highest BCUT2D eigenvalue weighted by Gasteiger charge is 2.10. The lowest BCUT2D eigenvalue weighted by molar-refractivity contribution is 0.878. The van der Waals surface area contributed by atoms with Crippen LogP contribution in [0.3, 0.4) is 0 Å². The molecule has 0 spiro atoms. The largest absolute Gasteiger partial charge is 0.293 e. The summed E-state index contributed by atoms with van der Waals surface area (Å²) >= 11 is 5.80. The quantitative estimate of drug-likeness (QED) is 0.760. The maximum Gasteiger partial charge on any atom is 0.293 e. The molecule has 1 aromatic heterocycles. The second kappa shape index (κ2) is 4.10. The summed E-state index contributed by atoms with van der Waals surface area (Å²) in [5, 5.41) is 0.00644. The van der Waals surface area contributed by atoms with Crippen LogP contribution < -0.4 is 5.56 Å². The van der Waals surface area contributed by atoms with Crippen molar-refractivity contribution in [3.63, 3.8) is 0 Å². The first-order valence-corrected chi connectivity index (χ1v) is 5.30. The van der Waals surface area contributed by atoms with E-state index in [0.717, 1.165) is 17.1 Å². The lowest BCUT2D eigenvalue weighted by Crippen LogP contribution is -2.23. The Labute approximate surface area is 98.3 Å². The van der Waals surface area contributed by atoms with Crippen molar-refractivity contribution < 1.29 is 0 Å². The van der Waals surface area contributed by atoms with Gasteiger partial charge in [-0.15, -0.1) is 0 Å². The second-order valence-corrected chi connectivity index (χ2v) is 3.91. The van der Waals surface area contributed by atoms with Crippen LogP contribution in [0.25, 0.3) is 5.69 Å². The van der Waals surface area contributed by atoms with Crippen LogP contribution in [-0.4, -0.2) is 9.55 Å². The van der Waals surface area contributed by atoms with E-state index >= 15 is 0 Å². The first kappa shape index (κ1) is 10.9. The summed E-state index contributed by atoms with van der Waals surface area (Å²) in [4.78, 5) is 15.9. The van der Waals surface area contributed by atoms with E-state index in [1.165, 1.54) is 0 Å². The Kier molecular flexibility index (Phi) is 2.79. The van der Waals surface area contributed by atoms with Crippen molar-refractivity contribution in [3.8, 4) is 5.69 Å². The fourth-order valence-electron chi connectivity index (χ4n) is 1.57. The van der Waals surface area contributed by atoms with Gasteiger partial charge in [-0.05, 0) is 26.0 Å². The van der Waals surface area contributed by atoms with Gasteiger partial charge in [0.15, 0.2) is 5.15 Å². The molecule has 4 heteroatoms. The third kappa shape index (κ3) is 1.74. The number of rotatable bonds is 1. The van der Waals surface area contributed by atoms with E-state index in [2.05, 4.69) is 4.98 Å². The van der Waals surface area contributed by atoms with Gasteiger partial charge in [-0.2, -0.15) is 0 Å². The van der Waals surface area contributed by atoms with E-state index in [1.807, 2.05) is 44.2 Å². The second-order valence-electron chi connectivity index (χ2n) is 3.55. The van der Waals surface area contributed by atoms with Crippen LogP contribution in [0.15, 0.2) is 35.1 Å². The number of hydrogen-bond acceptors (Lipinski definition) is 2. The summed E-state index contributed by atoms with van der Waals surface area (Å²) in [6, 6.07) is 9.39. The molecule has 0 amide bonds. The third-order valence-corrected chi connectivity index (χ3v) is 2.77. The first-order valence-electron chi connectivity index (χ1n) is 4.92. The van der Waals surface area contributed by atoms with Gasteiger partial charge in [0, 0.05) is 11.4 Å². The predicted octanol–water partition coefficient (Wildman–Crippen LogP) is 2.50. The smallest absolute Gasteiger partial charge is 0.277 e. The normalized spacial score (nSPS) is 10.4. The minimum Gasteiger partial charge on any atom is -0.277 e. The molecule has 0 saturated heterocycles. The van der Waals surface area contributed by atoms with E-state index in [4.69, 9.17) is 11.6 Å². The minimum atomic E-state index is -0.282. The maximum atomic E-state index is 11.9. The third-order valence-electron chi connectivity index (χ3n) is 2.52. The summed E-state index contributed by atoms with van der Waals surface area (Å²) in [6.07, 6.45) is 0. The maximum absolute atomic E-state index is 11.9. The van der Waals surface area contributed by atoms with Crippen LogP contribution in [0.5, 0.6) is 0 Å². The molecule has 1 aromatic carbocycles. The molecule has 2 aromatic rings. The standard InChI is InChI=1S/C12H11ClN2O/c1-8-9(2)15(12(16)11(13)14-8)10-6-4-3-5-7-10/h3-7H,1-2H3. The lowest BCUT2D eigenvalue weighted by Gasteiger charge is -2.11. The number of halogens is 1. The average Bonchev–Trinajstić information content (AvgIpc) is 2.28. The molecule has 0 radical (unpaired) electrons. The molecule has 0 aliphatic heterocycles. The van der Waals surface area contributed by atoms with Crippen molar-refractivity contribution in [1.82, 2.24) is 9.55 Å². The van der Waals surface area contributed by atoms with Crippen molar-refractivity contribution in [2.75, 3.05) is 0 Å². The van der Waals surface area contributed by atoms with E-state index in [0.29, 0.717) is 0 Å². The van der Waals surface area contributed by atoms with E-state index in [-0.39, 0.29) is 10.7 Å². The zero-order chi connectivity index (χ0) is 11.7. The Morgan fingerprint density at radius 2 is 1.81 bits per heavy atom. The topological polar surface area (TPSA) is 34.9 Å². The zero-order valence-electron chi connectivity index (χ0n) is 9.07. The van der Waals surface area contributed by atoms with Crippen LogP contribution >= 0.6 is 11.6 Å². The highest BCUT2D eigenvalue weighted by molar-refractivity contribution is 6.29. The highest BCUT2D eigenvalue weighted by atomic mass is 35.5. The Hall–Kier alpha value is -1.61. The minimum absolute atomic E-state index is 0.00644. The molecule has 82 valence electrons. The molecule has 2 rings (SSSR count). The van der Waals surface area contributed by atoms with Gasteiger partial charge in [0.1, 0.15) is 0 Å². The van der Waals surface area contributed by atoms with Crippen molar-refractivity contribution >= 4 is 11.6 Å². The molecular formula is C12H11ClN2O. The molecule has 0 saturated carbocycles. The number of aryl methyl sites for hydroxylation is 1. The summed E-state index contributed by atoms with van der Waals surface area (Å²) in [5.41, 5.74) is 2.09. The van der Waals surface area contributed by atoms with Gasteiger partial charge >= 0.3 is 0 Å². The number of nitrogens with zero attached hydrogens (tertiary/aromatic N) is 2. The van der Waals surface area contributed by atoms with E-state index in [1.54, 1.807) is 4.57 Å². The molecule has 1 heterocycles. The van der Waals surface area contributed by atoms with Gasteiger partial charge in [0.25, 0.3) is 5.56 Å². The molecule has 0 bridgehead atoms. The fourth-order valence-corrected chi connectivity index (χ4v) is 1.78. The fraction of sp³-hybridized carbons (Fsp3) is 0.167. The molecule has 3 nitrogen and oxygen atoms in total. The summed E-state index contributed by atoms with van der Waals surface area (Å²) < 4.78 is 1.57. The van der Waals surface area contributed by atoms with Gasteiger partial charge in [-0.25, -0.2) is 4.98 Å². The Morgan fingerprint density at radius 3 is 2.44 bits per heavy atom. The predicted molar refractivity (Wildman–Crippen MR) is 64.3 cm³/mol. The number of aromatic nitrogens is 2. The number of benzene rings is 1. The van der Waals surface area contributed by atoms with E-state index < -0.39 is 0 Å². The van der Waals surface area contributed by atoms with Crippen molar-refractivity contribution in [3.05, 3.63) is 57.2 Å². The van der Waals surface area contributed by atoms with Crippen LogP contribution in [0.1, 0.15) is 11.4 Å². The molecule has 0 aliphatic rings. The highest BCUT2D eigenvalue weighted by Crippen LogP contribution is 2.11. The Morgan fingerprint density at radius 1 is 1.19 bits per heavy atom. The van der Waals surface area contributed by atoms with Gasteiger partial charge in [0.2, 0.25) is 0 Å². The first-order chi connectivity index (χ1) is 7.61. The molecule has 0 unspecified atom stereocenters. The van der Waals surface area contributed by atoms with Gasteiger partial charge < -0.3 is 0 Å². The zero-order valence-corrected chi connectivity index (χ0v) is 9.82. The van der Waals surface area contributed by atoms with Crippen molar-refractivity contribution in [1.29, 1.82) is 0 Å². The SMILES string of the molecule is Cc1nc(Cl)c(=O)n(-c2ccccc2)c1C. The molecule has 0 atom stereocenters. The van der Waals surface area contributed by atoms with Gasteiger partial charge in [-0.3, -0.25) is 9.36 Å². The summed E-state index contributed by atoms with van der Waals surface area (Å²) in [5.74, 6) is 0. The molecular weight excluding hydrogens is 224 g/mol. The van der Waals surface area contributed by atoms with Gasteiger partial charge in [0.05, 0.1) is 5.69 Å². The number of hydrogen-bond donors (Lipinski definition) is 0. The van der Waals surface area contributed by atoms with Crippen LogP contribution in [0, 0.1) is 13.8 Å². The summed E-state index contributed by atoms with van der Waals surface area (Å²) in [7, 11) is 0. The van der Waals surface area contributed by atoms with Crippen molar-refractivity contribution in [2.24, 2.45) is 0 Å². The molecule has 0 fully saturated rings. The monoisotopic (exact) mass is 234 g/mol. The van der Waals surface area contributed by atoms with Crippen molar-refractivity contribution in [2.45, 2.75) is 13.8 Å². The van der Waals surface area contributed by atoms with Crippen LogP contribution in [-0.2, 0) is 0 Å². The summed E-state index contributed by atoms with van der Waals surface area (Å²) in [6.45, 7) is 3.69. The number of para-hydroxylation sites is 1. The lowest BCUT2D eigenvalue weighted by atomic mass is 10.2. The van der Waals surface area contributed by atoms with Gasteiger partial charge in [-0.1, -0.05) is 29.8 Å². The van der Waals surface area contributed by atoms with E-state index in [9.17, 15) is 4.79 Å². The Balaban J connectivity index is 2.80. The van der Waals surface area contributed by atoms with Crippen LogP contribution in [0.2, 0.25) is 5.15 Å².